The van der Waals surface area contributed by atoms with Crippen LogP contribution >= 0.6 is 11.6 Å². The maximum Gasteiger partial charge on any atom is 0.335 e. The minimum Gasteiger partial charge on any atom is -0.497 e. The molecule has 0 aliphatic carbocycles. The molecule has 1 aliphatic heterocycles. The summed E-state index contributed by atoms with van der Waals surface area (Å²) in [5.41, 5.74) is 1.59. The molecule has 2 aromatic heterocycles. The summed E-state index contributed by atoms with van der Waals surface area (Å²) in [6.07, 6.45) is 0.738. The van der Waals surface area contributed by atoms with Crippen molar-refractivity contribution in [1.29, 1.82) is 0 Å². The maximum atomic E-state index is 12.8. The van der Waals surface area contributed by atoms with Gasteiger partial charge >= 0.3 is 5.69 Å². The second-order valence-electron chi connectivity index (χ2n) is 7.35. The zero-order valence-electron chi connectivity index (χ0n) is 16.5. The van der Waals surface area contributed by atoms with Crippen molar-refractivity contribution in [3.05, 3.63) is 85.1 Å². The highest BCUT2D eigenvalue weighted by molar-refractivity contribution is 6.32. The third kappa shape index (κ3) is 3.03. The lowest BCUT2D eigenvalue weighted by molar-refractivity contribution is 0.409. The van der Waals surface area contributed by atoms with Gasteiger partial charge in [0.25, 0.3) is 5.56 Å². The number of rotatable bonds is 3. The Hall–Kier alpha value is -3.49. The van der Waals surface area contributed by atoms with Gasteiger partial charge in [-0.3, -0.25) is 9.78 Å². The van der Waals surface area contributed by atoms with Crippen LogP contribution in [0.1, 0.15) is 22.9 Å². The molecule has 31 heavy (non-hydrogen) atoms. The molecule has 3 heterocycles. The third-order valence-corrected chi connectivity index (χ3v) is 5.98. The van der Waals surface area contributed by atoms with Crippen LogP contribution in [0.3, 0.4) is 0 Å². The van der Waals surface area contributed by atoms with E-state index >= 15 is 0 Å². The van der Waals surface area contributed by atoms with Crippen molar-refractivity contribution in [2.45, 2.75) is 12.5 Å². The van der Waals surface area contributed by atoms with Crippen LogP contribution in [-0.4, -0.2) is 33.3 Å². The van der Waals surface area contributed by atoms with E-state index in [2.05, 4.69) is 15.3 Å². The summed E-state index contributed by atoms with van der Waals surface area (Å²) in [5.74, 6) is 0.279. The fourth-order valence-corrected chi connectivity index (χ4v) is 4.46. The maximum absolute atomic E-state index is 12.8. The molecule has 8 nitrogen and oxygen atoms in total. The summed E-state index contributed by atoms with van der Waals surface area (Å²) in [7, 11) is 1.61. The largest absolute Gasteiger partial charge is 0.497 e. The fraction of sp³-hybridized carbons (Fsp3) is 0.182. The summed E-state index contributed by atoms with van der Waals surface area (Å²) in [6.45, 7) is 0.589. The number of para-hydroxylation sites is 1. The van der Waals surface area contributed by atoms with Crippen molar-refractivity contribution in [3.8, 4) is 17.3 Å². The Kier molecular flexibility index (Phi) is 4.60. The lowest BCUT2D eigenvalue weighted by Crippen LogP contribution is -2.38. The molecule has 2 aromatic carbocycles. The molecule has 1 aliphatic rings. The molecule has 0 bridgehead atoms. The lowest BCUT2D eigenvalue weighted by atomic mass is 9.95. The van der Waals surface area contributed by atoms with E-state index in [1.807, 2.05) is 18.2 Å². The molecule has 0 saturated carbocycles. The van der Waals surface area contributed by atoms with E-state index in [1.165, 1.54) is 0 Å². The second kappa shape index (κ2) is 7.33. The molecule has 5 rings (SSSR count). The van der Waals surface area contributed by atoms with Gasteiger partial charge in [0.2, 0.25) is 5.88 Å². The van der Waals surface area contributed by atoms with Crippen LogP contribution in [0.25, 0.3) is 16.6 Å². The van der Waals surface area contributed by atoms with Crippen LogP contribution in [0, 0.1) is 0 Å². The Morgan fingerprint density at radius 1 is 1.16 bits per heavy atom. The predicted molar refractivity (Wildman–Crippen MR) is 118 cm³/mol. The number of halogens is 1. The number of methoxy groups -OCH3 is 1. The number of aromatic nitrogens is 3. The van der Waals surface area contributed by atoms with E-state index < -0.39 is 23.2 Å². The Morgan fingerprint density at radius 2 is 1.97 bits per heavy atom. The van der Waals surface area contributed by atoms with Crippen molar-refractivity contribution in [2.24, 2.45) is 0 Å². The lowest BCUT2D eigenvalue weighted by Gasteiger charge is -2.25. The molecule has 4 aromatic rings. The monoisotopic (exact) mass is 438 g/mol. The van der Waals surface area contributed by atoms with Gasteiger partial charge in [0.1, 0.15) is 11.3 Å². The normalized spacial score (nSPS) is 15.7. The molecule has 4 N–H and O–H groups in total. The average Bonchev–Trinajstić information content (AvgIpc) is 3.13. The quantitative estimate of drug-likeness (QED) is 0.393. The molecule has 9 heteroatoms. The highest BCUT2D eigenvalue weighted by atomic mass is 35.5. The molecule has 0 saturated heterocycles. The highest BCUT2D eigenvalue weighted by Gasteiger charge is 2.31. The van der Waals surface area contributed by atoms with Gasteiger partial charge in [0, 0.05) is 23.1 Å². The van der Waals surface area contributed by atoms with E-state index in [1.54, 1.807) is 31.4 Å². The van der Waals surface area contributed by atoms with Gasteiger partial charge in [-0.2, -0.15) is 0 Å². The first-order chi connectivity index (χ1) is 15.0. The first-order valence-corrected chi connectivity index (χ1v) is 10.1. The van der Waals surface area contributed by atoms with Crippen LogP contribution < -0.4 is 21.3 Å². The van der Waals surface area contributed by atoms with Gasteiger partial charge in [-0.1, -0.05) is 23.7 Å². The van der Waals surface area contributed by atoms with E-state index in [0.717, 1.165) is 38.9 Å². The summed E-state index contributed by atoms with van der Waals surface area (Å²) in [4.78, 5) is 31.0. The smallest absolute Gasteiger partial charge is 0.335 e. The molecule has 0 fully saturated rings. The molecule has 158 valence electrons. The number of H-pyrrole nitrogens is 2. The number of ether oxygens (including phenoxy) is 1. The summed E-state index contributed by atoms with van der Waals surface area (Å²) >= 11 is 6.25. The summed E-state index contributed by atoms with van der Waals surface area (Å²) in [6, 6.07) is 11.7. The Balaban J connectivity index is 1.74. The van der Waals surface area contributed by atoms with Crippen molar-refractivity contribution in [3.63, 3.8) is 0 Å². The first kappa shape index (κ1) is 19.5. The van der Waals surface area contributed by atoms with Crippen LogP contribution in [0.2, 0.25) is 5.02 Å². The molecule has 0 spiro atoms. The minimum atomic E-state index is -0.767. The van der Waals surface area contributed by atoms with E-state index in [4.69, 9.17) is 16.3 Å². The Bertz CT molecular complexity index is 1440. The number of hydrogen-bond acceptors (Lipinski definition) is 5. The van der Waals surface area contributed by atoms with Crippen LogP contribution in [0.15, 0.2) is 52.1 Å². The van der Waals surface area contributed by atoms with Crippen molar-refractivity contribution >= 4 is 22.5 Å². The first-order valence-electron chi connectivity index (χ1n) is 9.74. The zero-order valence-corrected chi connectivity index (χ0v) is 17.3. The number of benzene rings is 2. The number of nitrogens with zero attached hydrogens (tertiary/aromatic N) is 1. The molecule has 0 unspecified atom stereocenters. The number of aromatic amines is 2. The van der Waals surface area contributed by atoms with Gasteiger partial charge < -0.3 is 20.1 Å². The van der Waals surface area contributed by atoms with Gasteiger partial charge in [-0.15, -0.1) is 0 Å². The number of aromatic hydroxyl groups is 1. The van der Waals surface area contributed by atoms with Crippen molar-refractivity contribution in [2.75, 3.05) is 13.7 Å². The predicted octanol–water partition coefficient (Wildman–Crippen LogP) is 2.61. The minimum absolute atomic E-state index is 0.0407. The van der Waals surface area contributed by atoms with Gasteiger partial charge in [0.15, 0.2) is 0 Å². The average molecular weight is 439 g/mol. The van der Waals surface area contributed by atoms with Crippen molar-refractivity contribution < 1.29 is 9.84 Å². The topological polar surface area (TPSA) is 112 Å². The van der Waals surface area contributed by atoms with Crippen molar-refractivity contribution in [1.82, 2.24) is 19.9 Å². The zero-order chi connectivity index (χ0) is 21.7. The standard InChI is InChI=1S/C22H19ClN4O4/c1-31-11-6-7-15-13(10-11)12-8-9-24-19(18(12)25-15)17-20(28)26-22(30)27(21(17)29)16-5-3-2-4-14(16)23/h2-7,10,19,24-25,29H,8-9H2,1H3,(H,26,28,30)/t19-/m0/s1. The third-order valence-electron chi connectivity index (χ3n) is 5.66. The van der Waals surface area contributed by atoms with Crippen LogP contribution in [0.4, 0.5) is 0 Å². The Morgan fingerprint density at radius 3 is 2.74 bits per heavy atom. The van der Waals surface area contributed by atoms with Crippen LogP contribution in [0.5, 0.6) is 11.6 Å². The van der Waals surface area contributed by atoms with Crippen LogP contribution in [-0.2, 0) is 6.42 Å². The molecule has 0 amide bonds. The highest BCUT2D eigenvalue weighted by Crippen LogP contribution is 2.36. The Labute approximate surface area is 181 Å². The number of nitrogens with one attached hydrogen (secondary N) is 3. The second-order valence-corrected chi connectivity index (χ2v) is 7.76. The van der Waals surface area contributed by atoms with Gasteiger partial charge in [-0.05, 0) is 42.3 Å². The number of fused-ring (bicyclic) bond motifs is 3. The SMILES string of the molecule is COc1ccc2[nH]c3c(c2c1)CCN[C@H]3c1c(O)n(-c2ccccc2Cl)c(=O)[nH]c1=O. The van der Waals surface area contributed by atoms with E-state index in [0.29, 0.717) is 6.54 Å². The number of hydrogen-bond donors (Lipinski definition) is 4. The molecule has 0 radical (unpaired) electrons. The van der Waals surface area contributed by atoms with Gasteiger partial charge in [-0.25, -0.2) is 9.36 Å². The fourth-order valence-electron chi connectivity index (χ4n) is 4.24. The molecular weight excluding hydrogens is 420 g/mol. The van der Waals surface area contributed by atoms with E-state index in [9.17, 15) is 14.7 Å². The van der Waals surface area contributed by atoms with E-state index in [-0.39, 0.29) is 16.3 Å². The summed E-state index contributed by atoms with van der Waals surface area (Å²) in [5, 5.41) is 15.6. The molecular formula is C22H19ClN4O4. The van der Waals surface area contributed by atoms with Gasteiger partial charge in [0.05, 0.1) is 23.9 Å². The molecule has 1 atom stereocenters. The summed E-state index contributed by atoms with van der Waals surface area (Å²) < 4.78 is 6.36.